The molecule has 2 bridgehead atoms. The first-order valence-electron chi connectivity index (χ1n) is 9.84. The van der Waals surface area contributed by atoms with Gasteiger partial charge in [0.1, 0.15) is 11.6 Å². The second kappa shape index (κ2) is 8.32. The molecule has 2 aromatic carbocycles. The highest BCUT2D eigenvalue weighted by Crippen LogP contribution is 2.34. The number of rotatable bonds is 6. The number of carbonyl (C=O) groups is 1. The Hall–Kier alpha value is -2.04. The fraction of sp³-hybridized carbons (Fsp3) is 0.435. The summed E-state index contributed by atoms with van der Waals surface area (Å²) in [4.78, 5) is 15.3. The predicted octanol–water partition coefficient (Wildman–Crippen LogP) is 4.01. The molecule has 2 aliphatic rings. The zero-order valence-corrected chi connectivity index (χ0v) is 15.5. The van der Waals surface area contributed by atoms with Crippen LogP contribution < -0.4 is 0 Å². The molecule has 0 radical (unpaired) electrons. The lowest BCUT2D eigenvalue weighted by Crippen LogP contribution is -2.57. The molecule has 0 spiro atoms. The van der Waals surface area contributed by atoms with Crippen LogP contribution in [0.15, 0.2) is 54.6 Å². The molecule has 0 amide bonds. The minimum Gasteiger partial charge on any atom is -0.378 e. The number of Topliss-reactive ketones (excluding diaryl/α,β-unsaturated/α-hetero) is 1. The van der Waals surface area contributed by atoms with Crippen molar-refractivity contribution in [3.63, 3.8) is 0 Å². The molecule has 2 unspecified atom stereocenters. The van der Waals surface area contributed by atoms with Gasteiger partial charge in [-0.3, -0.25) is 9.69 Å². The summed E-state index contributed by atoms with van der Waals surface area (Å²) >= 11 is 0. The van der Waals surface area contributed by atoms with Crippen LogP contribution in [0.25, 0.3) is 0 Å². The van der Waals surface area contributed by atoms with E-state index < -0.39 is 0 Å². The summed E-state index contributed by atoms with van der Waals surface area (Å²) in [6, 6.07) is 17.8. The van der Waals surface area contributed by atoms with Crippen LogP contribution in [0.3, 0.4) is 0 Å². The Kier molecular flexibility index (Phi) is 5.65. The van der Waals surface area contributed by atoms with E-state index in [0.29, 0.717) is 43.7 Å². The van der Waals surface area contributed by atoms with E-state index in [0.717, 1.165) is 19.4 Å². The number of piperidine rings is 1. The first-order chi connectivity index (χ1) is 13.2. The number of aryl methyl sites for hydroxylation is 1. The number of benzene rings is 2. The first kappa shape index (κ1) is 18.3. The zero-order valence-electron chi connectivity index (χ0n) is 15.5. The van der Waals surface area contributed by atoms with Crippen LogP contribution in [0.5, 0.6) is 0 Å². The van der Waals surface area contributed by atoms with Crippen molar-refractivity contribution in [2.24, 2.45) is 5.92 Å². The summed E-state index contributed by atoms with van der Waals surface area (Å²) in [5.41, 5.74) is 1.94. The van der Waals surface area contributed by atoms with Crippen LogP contribution >= 0.6 is 0 Å². The smallest absolute Gasteiger partial charge is 0.136 e. The van der Waals surface area contributed by atoms with Crippen LogP contribution in [0.2, 0.25) is 0 Å². The molecular weight excluding hydrogens is 341 g/mol. The Balaban J connectivity index is 1.37. The van der Waals surface area contributed by atoms with E-state index in [1.54, 1.807) is 12.1 Å². The maximum absolute atomic E-state index is 13.8. The van der Waals surface area contributed by atoms with Gasteiger partial charge in [-0.15, -0.1) is 0 Å². The van der Waals surface area contributed by atoms with Crippen LogP contribution in [-0.4, -0.2) is 36.0 Å². The lowest BCUT2D eigenvalue weighted by atomic mass is 9.81. The Morgan fingerprint density at radius 1 is 1.00 bits per heavy atom. The summed E-state index contributed by atoms with van der Waals surface area (Å²) in [5.74, 6) is 0.130. The Morgan fingerprint density at radius 3 is 2.37 bits per heavy atom. The highest BCUT2D eigenvalue weighted by molar-refractivity contribution is 5.81. The predicted molar refractivity (Wildman–Crippen MR) is 103 cm³/mol. The van der Waals surface area contributed by atoms with Crippen LogP contribution in [-0.2, 0) is 22.5 Å². The zero-order chi connectivity index (χ0) is 18.6. The normalized spacial score (nSPS) is 25.3. The molecule has 2 atom stereocenters. The van der Waals surface area contributed by atoms with E-state index >= 15 is 0 Å². The molecule has 0 N–H and O–H groups in total. The van der Waals surface area contributed by atoms with Crippen molar-refractivity contribution < 1.29 is 13.9 Å². The minimum atomic E-state index is -0.215. The van der Waals surface area contributed by atoms with Crippen molar-refractivity contribution >= 4 is 5.78 Å². The lowest BCUT2D eigenvalue weighted by Gasteiger charge is -2.48. The molecule has 0 aliphatic carbocycles. The van der Waals surface area contributed by atoms with Crippen molar-refractivity contribution in [2.45, 2.75) is 44.3 Å². The molecule has 4 rings (SSSR count). The first-order valence-corrected chi connectivity index (χ1v) is 9.84. The van der Waals surface area contributed by atoms with Crippen molar-refractivity contribution in [2.75, 3.05) is 13.2 Å². The molecule has 0 saturated carbocycles. The number of nitrogens with zero attached hydrogens (tertiary/aromatic N) is 1. The number of halogens is 1. The van der Waals surface area contributed by atoms with Gasteiger partial charge >= 0.3 is 0 Å². The van der Waals surface area contributed by atoms with Crippen molar-refractivity contribution in [3.05, 3.63) is 71.5 Å². The Morgan fingerprint density at radius 2 is 1.67 bits per heavy atom. The topological polar surface area (TPSA) is 29.5 Å². The number of hydrogen-bond donors (Lipinski definition) is 0. The number of carbonyl (C=O) groups excluding carboxylic acids is 1. The van der Waals surface area contributed by atoms with E-state index in [-0.39, 0.29) is 17.5 Å². The summed E-state index contributed by atoms with van der Waals surface area (Å²) < 4.78 is 19.6. The van der Waals surface area contributed by atoms with Crippen LogP contribution in [0, 0.1) is 11.7 Å². The van der Waals surface area contributed by atoms with Crippen LogP contribution in [0.4, 0.5) is 4.39 Å². The molecule has 0 aromatic heterocycles. The van der Waals surface area contributed by atoms with Gasteiger partial charge in [-0.05, 0) is 36.5 Å². The monoisotopic (exact) mass is 367 g/mol. The SMILES string of the molecule is O=C(CCc1ccccc1F)C1CC2COCC(C1)N2Cc1ccccc1. The average molecular weight is 367 g/mol. The molecule has 2 aromatic rings. The van der Waals surface area contributed by atoms with E-state index in [2.05, 4.69) is 29.2 Å². The van der Waals surface area contributed by atoms with Gasteiger partial charge < -0.3 is 4.74 Å². The molecule has 2 saturated heterocycles. The maximum Gasteiger partial charge on any atom is 0.136 e. The summed E-state index contributed by atoms with van der Waals surface area (Å²) in [6.07, 6.45) is 2.60. The van der Waals surface area contributed by atoms with Gasteiger partial charge in [0.05, 0.1) is 13.2 Å². The van der Waals surface area contributed by atoms with Crippen molar-refractivity contribution in [1.29, 1.82) is 0 Å². The Bertz CT molecular complexity index is 765. The number of ketones is 1. The molecule has 142 valence electrons. The number of ether oxygens (including phenoxy) is 1. The van der Waals surface area contributed by atoms with Gasteiger partial charge in [-0.1, -0.05) is 48.5 Å². The second-order valence-corrected chi connectivity index (χ2v) is 7.73. The minimum absolute atomic E-state index is 0.0719. The fourth-order valence-corrected chi connectivity index (χ4v) is 4.47. The van der Waals surface area contributed by atoms with Gasteiger partial charge in [0.25, 0.3) is 0 Å². The number of hydrogen-bond acceptors (Lipinski definition) is 3. The highest BCUT2D eigenvalue weighted by atomic mass is 19.1. The third-order valence-electron chi connectivity index (χ3n) is 5.93. The van der Waals surface area contributed by atoms with Crippen molar-refractivity contribution in [3.8, 4) is 0 Å². The third kappa shape index (κ3) is 4.28. The number of fused-ring (bicyclic) bond motifs is 2. The van der Waals surface area contributed by atoms with E-state index in [1.807, 2.05) is 12.1 Å². The molecule has 2 aliphatic heterocycles. The number of morpholine rings is 1. The van der Waals surface area contributed by atoms with Gasteiger partial charge in [0, 0.05) is 31.0 Å². The average Bonchev–Trinajstić information content (AvgIpc) is 2.68. The van der Waals surface area contributed by atoms with E-state index in [4.69, 9.17) is 4.74 Å². The molecular formula is C23H26FNO2. The maximum atomic E-state index is 13.8. The van der Waals surface area contributed by atoms with E-state index in [9.17, 15) is 9.18 Å². The molecule has 3 nitrogen and oxygen atoms in total. The van der Waals surface area contributed by atoms with E-state index in [1.165, 1.54) is 11.6 Å². The van der Waals surface area contributed by atoms with Gasteiger partial charge in [0.2, 0.25) is 0 Å². The summed E-state index contributed by atoms with van der Waals surface area (Å²) in [6.45, 7) is 2.30. The largest absolute Gasteiger partial charge is 0.378 e. The van der Waals surface area contributed by atoms with Gasteiger partial charge in [-0.25, -0.2) is 4.39 Å². The van der Waals surface area contributed by atoms with Gasteiger partial charge in [0.15, 0.2) is 0 Å². The molecule has 4 heteroatoms. The standard InChI is InChI=1S/C23H26FNO2/c24-22-9-5-4-8-18(22)10-11-23(26)19-12-20-15-27-16-21(13-19)25(20)14-17-6-2-1-3-7-17/h1-9,19-21H,10-16H2. The van der Waals surface area contributed by atoms with Gasteiger partial charge in [-0.2, -0.15) is 0 Å². The summed E-state index contributed by atoms with van der Waals surface area (Å²) in [7, 11) is 0. The molecule has 2 heterocycles. The fourth-order valence-electron chi connectivity index (χ4n) is 4.47. The molecule has 2 fully saturated rings. The molecule has 27 heavy (non-hydrogen) atoms. The highest BCUT2D eigenvalue weighted by Gasteiger charge is 2.40. The summed E-state index contributed by atoms with van der Waals surface area (Å²) in [5, 5.41) is 0. The lowest BCUT2D eigenvalue weighted by molar-refractivity contribution is -0.133. The van der Waals surface area contributed by atoms with Crippen molar-refractivity contribution in [1.82, 2.24) is 4.90 Å². The van der Waals surface area contributed by atoms with Crippen LogP contribution in [0.1, 0.15) is 30.4 Å². The second-order valence-electron chi connectivity index (χ2n) is 7.73. The Labute approximate surface area is 160 Å². The third-order valence-corrected chi connectivity index (χ3v) is 5.93. The quantitative estimate of drug-likeness (QED) is 0.773.